The van der Waals surface area contributed by atoms with Crippen molar-refractivity contribution < 1.29 is 4.74 Å². The lowest BCUT2D eigenvalue weighted by molar-refractivity contribution is 0.414. The van der Waals surface area contributed by atoms with Crippen LogP contribution in [0.1, 0.15) is 5.82 Å². The van der Waals surface area contributed by atoms with E-state index >= 15 is 0 Å². The van der Waals surface area contributed by atoms with Gasteiger partial charge in [-0.25, -0.2) is 4.98 Å². The highest BCUT2D eigenvalue weighted by Gasteiger charge is 2.12. The van der Waals surface area contributed by atoms with E-state index in [1.165, 1.54) is 3.57 Å². The van der Waals surface area contributed by atoms with E-state index in [0.29, 0.717) is 5.88 Å². The Kier molecular flexibility index (Phi) is 4.35. The smallest absolute Gasteiger partial charge is 0.119 e. The number of nitrogens with zero attached hydrogens (tertiary/aromatic N) is 2. The third-order valence-electron chi connectivity index (χ3n) is 3.33. The largest absolute Gasteiger partial charge is 0.497 e. The van der Waals surface area contributed by atoms with Gasteiger partial charge in [-0.15, -0.1) is 11.6 Å². The van der Waals surface area contributed by atoms with Crippen LogP contribution in [0.3, 0.4) is 0 Å². The molecule has 21 heavy (non-hydrogen) atoms. The summed E-state index contributed by atoms with van der Waals surface area (Å²) in [4.78, 5) is 4.72. The lowest BCUT2D eigenvalue weighted by atomic mass is 10.2. The molecule has 0 amide bonds. The molecule has 1 aromatic heterocycles. The third kappa shape index (κ3) is 2.87. The Hall–Kier alpha value is -1.27. The Bertz CT molecular complexity index is 768. The van der Waals surface area contributed by atoms with Gasteiger partial charge in [-0.2, -0.15) is 0 Å². The van der Waals surface area contributed by atoms with E-state index < -0.39 is 0 Å². The van der Waals surface area contributed by atoms with Gasteiger partial charge in [0.2, 0.25) is 0 Å². The van der Waals surface area contributed by atoms with Crippen LogP contribution in [0.15, 0.2) is 42.5 Å². The van der Waals surface area contributed by atoms with Crippen LogP contribution in [0, 0.1) is 3.57 Å². The molecule has 0 spiro atoms. The number of imidazole rings is 1. The van der Waals surface area contributed by atoms with Gasteiger partial charge in [0.15, 0.2) is 0 Å². The van der Waals surface area contributed by atoms with Crippen LogP contribution in [0.4, 0.5) is 0 Å². The van der Waals surface area contributed by atoms with Crippen LogP contribution in [0.5, 0.6) is 5.75 Å². The molecule has 3 aromatic rings. The Morgan fingerprint density at radius 3 is 2.62 bits per heavy atom. The van der Waals surface area contributed by atoms with Crippen molar-refractivity contribution in [2.24, 2.45) is 0 Å². The molecular weight excluding hydrogens is 399 g/mol. The van der Waals surface area contributed by atoms with Gasteiger partial charge >= 0.3 is 0 Å². The maximum absolute atomic E-state index is 5.93. The Balaban J connectivity index is 2.20. The van der Waals surface area contributed by atoms with Crippen LogP contribution in [-0.2, 0) is 6.42 Å². The molecule has 0 bridgehead atoms. The summed E-state index contributed by atoms with van der Waals surface area (Å²) in [5.74, 6) is 2.38. The first-order valence-corrected chi connectivity index (χ1v) is 8.21. The summed E-state index contributed by atoms with van der Waals surface area (Å²) in [5.41, 5.74) is 3.16. The zero-order valence-corrected chi connectivity index (χ0v) is 14.4. The number of alkyl halides is 1. The highest BCUT2D eigenvalue weighted by molar-refractivity contribution is 14.1. The van der Waals surface area contributed by atoms with Crippen LogP contribution in [0.25, 0.3) is 16.7 Å². The maximum Gasteiger partial charge on any atom is 0.119 e. The van der Waals surface area contributed by atoms with Gasteiger partial charge in [-0.1, -0.05) is 0 Å². The summed E-state index contributed by atoms with van der Waals surface area (Å²) >= 11 is 8.23. The topological polar surface area (TPSA) is 27.1 Å². The zero-order valence-electron chi connectivity index (χ0n) is 11.5. The van der Waals surface area contributed by atoms with Crippen molar-refractivity contribution in [2.45, 2.75) is 6.42 Å². The minimum Gasteiger partial charge on any atom is -0.497 e. The van der Waals surface area contributed by atoms with Gasteiger partial charge in [0.25, 0.3) is 0 Å². The van der Waals surface area contributed by atoms with Gasteiger partial charge < -0.3 is 4.74 Å². The van der Waals surface area contributed by atoms with Crippen molar-refractivity contribution in [2.75, 3.05) is 13.0 Å². The second-order valence-electron chi connectivity index (χ2n) is 4.63. The molecule has 2 aromatic carbocycles. The minimum atomic E-state index is 0.552. The molecule has 0 radical (unpaired) electrons. The summed E-state index contributed by atoms with van der Waals surface area (Å²) < 4.78 is 8.56. The van der Waals surface area contributed by atoms with Crippen molar-refractivity contribution in [3.63, 3.8) is 0 Å². The number of hydrogen-bond donors (Lipinski definition) is 0. The number of rotatable bonds is 4. The molecule has 108 valence electrons. The van der Waals surface area contributed by atoms with Crippen LogP contribution in [-0.4, -0.2) is 22.5 Å². The molecule has 0 N–H and O–H groups in total. The van der Waals surface area contributed by atoms with E-state index in [2.05, 4.69) is 45.4 Å². The predicted molar refractivity (Wildman–Crippen MR) is 94.8 cm³/mol. The van der Waals surface area contributed by atoms with Crippen LogP contribution >= 0.6 is 34.2 Å². The molecule has 3 rings (SSSR count). The molecule has 1 heterocycles. The summed E-state index contributed by atoms with van der Waals surface area (Å²) in [6.45, 7) is 0. The molecule has 3 nitrogen and oxygen atoms in total. The monoisotopic (exact) mass is 412 g/mol. The molecule has 0 saturated heterocycles. The molecule has 0 aliphatic heterocycles. The molecule has 0 aliphatic carbocycles. The fraction of sp³-hybridized carbons (Fsp3) is 0.188. The van der Waals surface area contributed by atoms with E-state index in [0.717, 1.165) is 34.7 Å². The summed E-state index contributed by atoms with van der Waals surface area (Å²) in [5, 5.41) is 0. The fourth-order valence-electron chi connectivity index (χ4n) is 2.37. The Morgan fingerprint density at radius 2 is 1.95 bits per heavy atom. The lowest BCUT2D eigenvalue weighted by Gasteiger charge is -2.09. The number of aryl methyl sites for hydroxylation is 1. The maximum atomic E-state index is 5.93. The number of fused-ring (bicyclic) bond motifs is 1. The van der Waals surface area contributed by atoms with E-state index in [9.17, 15) is 0 Å². The summed E-state index contributed by atoms with van der Waals surface area (Å²) in [6, 6.07) is 14.3. The first kappa shape index (κ1) is 14.7. The first-order valence-electron chi connectivity index (χ1n) is 6.60. The first-order chi connectivity index (χ1) is 10.2. The summed E-state index contributed by atoms with van der Waals surface area (Å²) in [6.07, 6.45) is 0.735. The number of methoxy groups -OCH3 is 1. The van der Waals surface area contributed by atoms with Gasteiger partial charge in [0.05, 0.1) is 18.1 Å². The van der Waals surface area contributed by atoms with Crippen LogP contribution < -0.4 is 4.74 Å². The third-order valence-corrected chi connectivity index (χ3v) is 4.19. The molecular formula is C16H14ClIN2O. The van der Waals surface area contributed by atoms with Gasteiger partial charge in [0, 0.05) is 21.6 Å². The number of aromatic nitrogens is 2. The lowest BCUT2D eigenvalue weighted by Crippen LogP contribution is -2.02. The molecule has 0 saturated carbocycles. The van der Waals surface area contributed by atoms with E-state index in [1.54, 1.807) is 7.11 Å². The van der Waals surface area contributed by atoms with Crippen LogP contribution in [0.2, 0.25) is 0 Å². The highest BCUT2D eigenvalue weighted by atomic mass is 127. The normalized spacial score (nSPS) is 11.0. The predicted octanol–water partition coefficient (Wildman–Crippen LogP) is 4.42. The number of halogens is 2. The Morgan fingerprint density at radius 1 is 1.19 bits per heavy atom. The SMILES string of the molecule is COc1ccc(-n2c(CCCl)nc3cc(I)ccc32)cc1. The second kappa shape index (κ2) is 6.23. The fourth-order valence-corrected chi connectivity index (χ4v) is 3.02. The number of benzene rings is 2. The average molecular weight is 413 g/mol. The second-order valence-corrected chi connectivity index (χ2v) is 6.26. The quantitative estimate of drug-likeness (QED) is 0.468. The van der Waals surface area contributed by atoms with E-state index in [1.807, 2.05) is 24.3 Å². The molecule has 0 aliphatic rings. The van der Waals surface area contributed by atoms with Gasteiger partial charge in [-0.05, 0) is 65.1 Å². The van der Waals surface area contributed by atoms with Crippen molar-refractivity contribution in [3.05, 3.63) is 51.9 Å². The molecule has 0 fully saturated rings. The van der Waals surface area contributed by atoms with Crippen molar-refractivity contribution in [1.29, 1.82) is 0 Å². The molecule has 5 heteroatoms. The van der Waals surface area contributed by atoms with E-state index in [-0.39, 0.29) is 0 Å². The zero-order chi connectivity index (χ0) is 14.8. The van der Waals surface area contributed by atoms with Gasteiger partial charge in [0.1, 0.15) is 11.6 Å². The standard InChI is InChI=1S/C16H14ClIN2O/c1-21-13-5-3-12(4-6-13)20-15-7-2-11(18)10-14(15)19-16(20)8-9-17/h2-7,10H,8-9H2,1H3. The highest BCUT2D eigenvalue weighted by Crippen LogP contribution is 2.25. The minimum absolute atomic E-state index is 0.552. The van der Waals surface area contributed by atoms with Crippen molar-refractivity contribution in [1.82, 2.24) is 9.55 Å². The Labute approximate surface area is 142 Å². The van der Waals surface area contributed by atoms with Gasteiger partial charge in [-0.3, -0.25) is 4.57 Å². The number of hydrogen-bond acceptors (Lipinski definition) is 2. The van der Waals surface area contributed by atoms with Crippen molar-refractivity contribution >= 4 is 45.2 Å². The molecule has 0 unspecified atom stereocenters. The number of ether oxygens (including phenoxy) is 1. The molecule has 0 atom stereocenters. The van der Waals surface area contributed by atoms with E-state index in [4.69, 9.17) is 21.3 Å². The summed E-state index contributed by atoms with van der Waals surface area (Å²) in [7, 11) is 1.67. The average Bonchev–Trinajstić information content (AvgIpc) is 2.85. The van der Waals surface area contributed by atoms with Crippen molar-refractivity contribution in [3.8, 4) is 11.4 Å².